The van der Waals surface area contributed by atoms with Crippen LogP contribution in [0.15, 0.2) is 36.4 Å². The minimum atomic E-state index is -3.94. The van der Waals surface area contributed by atoms with Gasteiger partial charge in [0.2, 0.25) is 21.8 Å². The number of hydrogen-bond donors (Lipinski definition) is 4. The maximum atomic E-state index is 13.9. The predicted molar refractivity (Wildman–Crippen MR) is 164 cm³/mol. The van der Waals surface area contributed by atoms with Gasteiger partial charge >= 0.3 is 6.09 Å². The van der Waals surface area contributed by atoms with Crippen molar-refractivity contribution in [2.45, 2.75) is 74.7 Å². The Morgan fingerprint density at radius 2 is 1.82 bits per heavy atom. The number of anilines is 1. The number of amides is 5. The third-order valence-electron chi connectivity index (χ3n) is 9.50. The van der Waals surface area contributed by atoms with Gasteiger partial charge in [-0.15, -0.1) is 0 Å². The van der Waals surface area contributed by atoms with Crippen LogP contribution in [0.4, 0.5) is 10.5 Å². The summed E-state index contributed by atoms with van der Waals surface area (Å²) in [6, 6.07) is 6.30. The number of nitrogens with zero attached hydrogens (tertiary/aromatic N) is 1. The molecule has 3 fully saturated rings. The average molecular weight is 644 g/mol. The lowest BCUT2D eigenvalue weighted by atomic mass is 9.93. The summed E-state index contributed by atoms with van der Waals surface area (Å²) in [5, 5.41) is 7.94. The Labute approximate surface area is 262 Å². The fraction of sp³-hybridized carbons (Fsp3) is 0.581. The number of nitrogens with one attached hydrogen (secondary N) is 4. The van der Waals surface area contributed by atoms with E-state index < -0.39 is 62.1 Å². The van der Waals surface area contributed by atoms with Crippen molar-refractivity contribution in [2.24, 2.45) is 17.8 Å². The van der Waals surface area contributed by atoms with Crippen LogP contribution in [0.5, 0.6) is 0 Å². The zero-order valence-electron chi connectivity index (χ0n) is 25.8. The Bertz CT molecular complexity index is 1520. The Morgan fingerprint density at radius 1 is 1.09 bits per heavy atom. The molecule has 1 heterocycles. The Kier molecular flexibility index (Phi) is 8.98. The summed E-state index contributed by atoms with van der Waals surface area (Å²) in [4.78, 5) is 67.3. The minimum absolute atomic E-state index is 0.0381. The van der Waals surface area contributed by atoms with Crippen molar-refractivity contribution >= 4 is 45.4 Å². The quantitative estimate of drug-likeness (QED) is 0.340. The normalized spacial score (nSPS) is 30.0. The monoisotopic (exact) mass is 643 g/mol. The summed E-state index contributed by atoms with van der Waals surface area (Å²) in [6.07, 6.45) is 5.73. The SMILES string of the molecule is CNC(=O)c1cccc(NC(=O)O[C@@H]2C[C@@H]3C(=O)N[C@]4(C(=O)NS(=O)(=O)C5(C)CC5)C[C@@H]4/C=C\CCCCN(C)C(=O)[C@H]3C2)c1. The van der Waals surface area contributed by atoms with Crippen molar-refractivity contribution < 1.29 is 37.1 Å². The maximum absolute atomic E-state index is 13.9. The minimum Gasteiger partial charge on any atom is -0.446 e. The van der Waals surface area contributed by atoms with Crippen molar-refractivity contribution in [1.29, 1.82) is 0 Å². The number of ether oxygens (including phenoxy) is 1. The van der Waals surface area contributed by atoms with Crippen LogP contribution in [0.2, 0.25) is 0 Å². The summed E-state index contributed by atoms with van der Waals surface area (Å²) >= 11 is 0. The van der Waals surface area contributed by atoms with E-state index in [1.807, 2.05) is 12.2 Å². The van der Waals surface area contributed by atoms with E-state index in [1.54, 1.807) is 37.1 Å². The van der Waals surface area contributed by atoms with Crippen molar-refractivity contribution in [2.75, 3.05) is 26.0 Å². The largest absolute Gasteiger partial charge is 0.446 e. The fourth-order valence-corrected chi connectivity index (χ4v) is 7.48. The van der Waals surface area contributed by atoms with E-state index in [0.717, 1.165) is 12.8 Å². The van der Waals surface area contributed by atoms with Gasteiger partial charge in [0, 0.05) is 37.8 Å². The van der Waals surface area contributed by atoms with E-state index in [0.29, 0.717) is 37.1 Å². The van der Waals surface area contributed by atoms with Gasteiger partial charge < -0.3 is 20.3 Å². The van der Waals surface area contributed by atoms with Gasteiger partial charge in [0.1, 0.15) is 11.6 Å². The first kappa shape index (κ1) is 32.5. The molecule has 244 valence electrons. The first-order valence-corrected chi connectivity index (χ1v) is 16.9. The molecule has 5 atom stereocenters. The lowest BCUT2D eigenvalue weighted by Crippen LogP contribution is -2.55. The first-order chi connectivity index (χ1) is 21.3. The third-order valence-corrected chi connectivity index (χ3v) is 11.7. The summed E-state index contributed by atoms with van der Waals surface area (Å²) in [5.74, 6) is -4.05. The molecule has 0 saturated heterocycles. The van der Waals surface area contributed by atoms with Crippen LogP contribution >= 0.6 is 0 Å². The van der Waals surface area contributed by atoms with Crippen LogP contribution in [-0.2, 0) is 29.1 Å². The molecule has 0 bridgehead atoms. The molecule has 0 radical (unpaired) electrons. The van der Waals surface area contributed by atoms with Gasteiger partial charge in [-0.25, -0.2) is 13.2 Å². The molecular formula is C31H41N5O8S. The molecule has 4 aliphatic rings. The third kappa shape index (κ3) is 6.85. The van der Waals surface area contributed by atoms with E-state index in [4.69, 9.17) is 4.74 Å². The van der Waals surface area contributed by atoms with Crippen molar-refractivity contribution in [3.05, 3.63) is 42.0 Å². The van der Waals surface area contributed by atoms with Crippen LogP contribution in [0.3, 0.4) is 0 Å². The highest BCUT2D eigenvalue weighted by Crippen LogP contribution is 2.48. The van der Waals surface area contributed by atoms with Crippen LogP contribution in [-0.4, -0.2) is 80.1 Å². The van der Waals surface area contributed by atoms with Gasteiger partial charge in [0.05, 0.1) is 16.6 Å². The molecule has 1 aromatic rings. The summed E-state index contributed by atoms with van der Waals surface area (Å²) in [5.41, 5.74) is -0.778. The standard InChI is InChI=1S/C31H41N5O8S/c1-30(12-13-30)45(42,43)35-28(40)31-18-20(31)10-6-4-5-7-14-36(3)27(39)24-17-22(16-23(24)26(38)34-31)44-29(41)33-21-11-8-9-19(15-21)25(37)32-2/h6,8-11,15,20,22-24H,4-5,7,12-14,16-18H2,1-3H3,(H,32,37)(H,33,41)(H,34,38)(H,35,40)/b10-6-/t20-,22+,23-,24-,31+/m0/s1. The molecule has 3 saturated carbocycles. The Morgan fingerprint density at radius 3 is 2.53 bits per heavy atom. The van der Waals surface area contributed by atoms with Gasteiger partial charge in [-0.05, 0) is 76.5 Å². The summed E-state index contributed by atoms with van der Waals surface area (Å²) in [7, 11) is -0.766. The van der Waals surface area contributed by atoms with Crippen LogP contribution in [0.25, 0.3) is 0 Å². The molecule has 45 heavy (non-hydrogen) atoms. The molecule has 1 aromatic carbocycles. The molecule has 0 unspecified atom stereocenters. The second-order valence-electron chi connectivity index (χ2n) is 12.8. The van der Waals surface area contributed by atoms with Crippen molar-refractivity contribution in [3.63, 3.8) is 0 Å². The number of sulfonamides is 1. The second kappa shape index (κ2) is 12.5. The van der Waals surface area contributed by atoms with E-state index in [2.05, 4.69) is 20.7 Å². The smallest absolute Gasteiger partial charge is 0.411 e. The molecule has 4 N–H and O–H groups in total. The molecule has 0 spiro atoms. The Hall–Kier alpha value is -3.94. The number of carbonyl (C=O) groups excluding carboxylic acids is 5. The fourth-order valence-electron chi connectivity index (χ4n) is 6.17. The highest BCUT2D eigenvalue weighted by molar-refractivity contribution is 7.91. The van der Waals surface area contributed by atoms with Gasteiger partial charge in [-0.2, -0.15) is 0 Å². The zero-order valence-corrected chi connectivity index (χ0v) is 26.6. The van der Waals surface area contributed by atoms with Crippen LogP contribution < -0.4 is 20.7 Å². The van der Waals surface area contributed by atoms with Crippen molar-refractivity contribution in [3.8, 4) is 0 Å². The van der Waals surface area contributed by atoms with Gasteiger partial charge in [-0.1, -0.05) is 18.2 Å². The highest BCUT2D eigenvalue weighted by atomic mass is 32.2. The number of allylic oxidation sites excluding steroid dienone is 1. The molecule has 14 heteroatoms. The average Bonchev–Trinajstić information content (AvgIpc) is 3.88. The van der Waals surface area contributed by atoms with Crippen LogP contribution in [0, 0.1) is 17.8 Å². The lowest BCUT2D eigenvalue weighted by Gasteiger charge is -2.27. The Balaban J connectivity index is 1.33. The highest BCUT2D eigenvalue weighted by Gasteiger charge is 2.63. The van der Waals surface area contributed by atoms with E-state index in [-0.39, 0.29) is 31.1 Å². The second-order valence-corrected chi connectivity index (χ2v) is 15.0. The van der Waals surface area contributed by atoms with Gasteiger partial charge in [0.25, 0.3) is 11.8 Å². The molecule has 5 amide bonds. The maximum Gasteiger partial charge on any atom is 0.411 e. The number of fused-ring (bicyclic) bond motifs is 2. The van der Waals surface area contributed by atoms with E-state index in [1.165, 1.54) is 13.1 Å². The molecular weight excluding hydrogens is 602 g/mol. The summed E-state index contributed by atoms with van der Waals surface area (Å²) < 4.78 is 32.6. The molecule has 5 rings (SSSR count). The lowest BCUT2D eigenvalue weighted by molar-refractivity contribution is -0.140. The topological polar surface area (TPSA) is 180 Å². The van der Waals surface area contributed by atoms with E-state index >= 15 is 0 Å². The van der Waals surface area contributed by atoms with Crippen LogP contribution in [0.1, 0.15) is 68.6 Å². The number of carbonyl (C=O) groups is 5. The van der Waals surface area contributed by atoms with E-state index in [9.17, 15) is 32.4 Å². The molecule has 13 nitrogen and oxygen atoms in total. The first-order valence-electron chi connectivity index (χ1n) is 15.4. The van der Waals surface area contributed by atoms with Gasteiger partial charge in [0.15, 0.2) is 0 Å². The molecule has 3 aliphatic carbocycles. The number of rotatable bonds is 6. The van der Waals surface area contributed by atoms with Crippen molar-refractivity contribution in [1.82, 2.24) is 20.3 Å². The number of hydrogen-bond acceptors (Lipinski definition) is 8. The van der Waals surface area contributed by atoms with Gasteiger partial charge in [-0.3, -0.25) is 29.2 Å². The number of benzene rings is 1. The zero-order chi connectivity index (χ0) is 32.6. The summed E-state index contributed by atoms with van der Waals surface area (Å²) in [6.45, 7) is 2.08. The molecule has 1 aliphatic heterocycles. The molecule has 0 aromatic heterocycles. The predicted octanol–water partition coefficient (Wildman–Crippen LogP) is 2.06.